The molecule has 0 unspecified atom stereocenters. The van der Waals surface area contributed by atoms with E-state index in [9.17, 15) is 0 Å². The second kappa shape index (κ2) is 10.8. The summed E-state index contributed by atoms with van der Waals surface area (Å²) in [7, 11) is 0. The molecule has 9 heteroatoms. The highest BCUT2D eigenvalue weighted by molar-refractivity contribution is 5.99. The highest BCUT2D eigenvalue weighted by atomic mass is 15.2. The lowest BCUT2D eigenvalue weighted by Crippen LogP contribution is -2.38. The Labute approximate surface area is 238 Å². The number of likely N-dealkylation sites (tertiary alicyclic amines) is 1. The van der Waals surface area contributed by atoms with Crippen LogP contribution in [0.1, 0.15) is 24.2 Å². The van der Waals surface area contributed by atoms with Gasteiger partial charge in [0.15, 0.2) is 0 Å². The van der Waals surface area contributed by atoms with Gasteiger partial charge in [0, 0.05) is 43.0 Å². The predicted molar refractivity (Wildman–Crippen MR) is 161 cm³/mol. The SMILES string of the molecule is N#Cc1nccc(NC2CCN(Cc3ccc(-c4nc5ccc6c(c5nc4-c4ccccc4)NCN6)cc3)CC2)n1. The Morgan fingerprint density at radius 1 is 0.854 bits per heavy atom. The average Bonchev–Trinajstić information content (AvgIpc) is 3.52. The van der Waals surface area contributed by atoms with Crippen LogP contribution in [0, 0.1) is 11.3 Å². The maximum Gasteiger partial charge on any atom is 0.234 e. The average molecular weight is 540 g/mol. The number of nitrogens with one attached hydrogen (secondary N) is 3. The highest BCUT2D eigenvalue weighted by Gasteiger charge is 2.21. The van der Waals surface area contributed by atoms with Crippen molar-refractivity contribution in [2.24, 2.45) is 0 Å². The third-order valence-electron chi connectivity index (χ3n) is 7.76. The van der Waals surface area contributed by atoms with Crippen molar-refractivity contribution in [1.29, 1.82) is 5.26 Å². The van der Waals surface area contributed by atoms with Gasteiger partial charge in [-0.2, -0.15) is 5.26 Å². The quantitative estimate of drug-likeness (QED) is 0.257. The molecule has 0 amide bonds. The molecule has 2 aliphatic rings. The number of nitriles is 1. The molecular formula is C32H29N9. The first-order valence-corrected chi connectivity index (χ1v) is 13.9. The van der Waals surface area contributed by atoms with Gasteiger partial charge in [-0.05, 0) is 36.6 Å². The number of rotatable bonds is 6. The molecule has 3 aromatic carbocycles. The maximum absolute atomic E-state index is 9.04. The molecule has 0 saturated carbocycles. The molecule has 202 valence electrons. The van der Waals surface area contributed by atoms with E-state index in [1.807, 2.05) is 36.4 Å². The Morgan fingerprint density at radius 3 is 2.44 bits per heavy atom. The highest BCUT2D eigenvalue weighted by Crippen LogP contribution is 2.37. The van der Waals surface area contributed by atoms with E-state index in [-0.39, 0.29) is 5.82 Å². The molecule has 1 saturated heterocycles. The largest absolute Gasteiger partial charge is 0.367 e. The second-order valence-corrected chi connectivity index (χ2v) is 10.4. The van der Waals surface area contributed by atoms with Crippen LogP contribution in [0.3, 0.4) is 0 Å². The Kier molecular flexibility index (Phi) is 6.59. The van der Waals surface area contributed by atoms with Crippen molar-refractivity contribution in [3.8, 4) is 28.6 Å². The topological polar surface area (TPSA) is 115 Å². The lowest BCUT2D eigenvalue weighted by molar-refractivity contribution is 0.211. The lowest BCUT2D eigenvalue weighted by Gasteiger charge is -2.32. The first kappa shape index (κ1) is 24.9. The maximum atomic E-state index is 9.04. The molecule has 3 N–H and O–H groups in total. The Morgan fingerprint density at radius 2 is 1.63 bits per heavy atom. The zero-order valence-electron chi connectivity index (χ0n) is 22.5. The fraction of sp³-hybridized carbons (Fsp3) is 0.219. The summed E-state index contributed by atoms with van der Waals surface area (Å²) in [6, 6.07) is 27.3. The van der Waals surface area contributed by atoms with Crippen molar-refractivity contribution in [3.05, 3.63) is 90.4 Å². The monoisotopic (exact) mass is 539 g/mol. The summed E-state index contributed by atoms with van der Waals surface area (Å²) in [5.74, 6) is 0.911. The summed E-state index contributed by atoms with van der Waals surface area (Å²) in [4.78, 5) is 21.0. The van der Waals surface area contributed by atoms with E-state index < -0.39 is 0 Å². The number of anilines is 3. The second-order valence-electron chi connectivity index (χ2n) is 10.4. The van der Waals surface area contributed by atoms with E-state index in [1.54, 1.807) is 6.20 Å². The summed E-state index contributed by atoms with van der Waals surface area (Å²) in [5.41, 5.74) is 8.98. The van der Waals surface area contributed by atoms with E-state index in [1.165, 1.54) is 5.56 Å². The summed E-state index contributed by atoms with van der Waals surface area (Å²) in [5, 5.41) is 19.3. The van der Waals surface area contributed by atoms with Crippen molar-refractivity contribution in [2.75, 3.05) is 35.7 Å². The molecule has 0 radical (unpaired) electrons. The van der Waals surface area contributed by atoms with Crippen molar-refractivity contribution in [2.45, 2.75) is 25.4 Å². The van der Waals surface area contributed by atoms with Crippen LogP contribution in [0.25, 0.3) is 33.5 Å². The minimum Gasteiger partial charge on any atom is -0.367 e. The van der Waals surface area contributed by atoms with Gasteiger partial charge in [0.05, 0.1) is 34.9 Å². The van der Waals surface area contributed by atoms with Crippen LogP contribution in [0.15, 0.2) is 79.0 Å². The molecule has 9 nitrogen and oxygen atoms in total. The molecule has 2 aromatic heterocycles. The van der Waals surface area contributed by atoms with Crippen LogP contribution in [-0.4, -0.2) is 50.6 Å². The molecule has 1 fully saturated rings. The number of aromatic nitrogens is 4. The van der Waals surface area contributed by atoms with Crippen LogP contribution in [0.5, 0.6) is 0 Å². The summed E-state index contributed by atoms with van der Waals surface area (Å²) in [6.45, 7) is 3.59. The molecular weight excluding hydrogens is 510 g/mol. The number of nitrogens with zero attached hydrogens (tertiary/aromatic N) is 6. The van der Waals surface area contributed by atoms with Crippen molar-refractivity contribution in [3.63, 3.8) is 0 Å². The van der Waals surface area contributed by atoms with Crippen LogP contribution in [-0.2, 0) is 6.54 Å². The van der Waals surface area contributed by atoms with Crippen molar-refractivity contribution < 1.29 is 0 Å². The van der Waals surface area contributed by atoms with E-state index in [0.29, 0.717) is 12.7 Å². The fourth-order valence-electron chi connectivity index (χ4n) is 5.64. The Balaban J connectivity index is 1.08. The smallest absolute Gasteiger partial charge is 0.234 e. The van der Waals surface area contributed by atoms with Crippen LogP contribution in [0.2, 0.25) is 0 Å². The number of piperidine rings is 1. The van der Waals surface area contributed by atoms with E-state index in [4.69, 9.17) is 15.2 Å². The minimum atomic E-state index is 0.194. The summed E-state index contributed by atoms with van der Waals surface area (Å²) >= 11 is 0. The van der Waals surface area contributed by atoms with Crippen molar-refractivity contribution >= 4 is 28.2 Å². The lowest BCUT2D eigenvalue weighted by atomic mass is 10.0. The molecule has 0 aliphatic carbocycles. The molecule has 0 atom stereocenters. The van der Waals surface area contributed by atoms with Crippen LogP contribution < -0.4 is 16.0 Å². The van der Waals surface area contributed by atoms with Gasteiger partial charge in [-0.15, -0.1) is 0 Å². The molecule has 0 bridgehead atoms. The van der Waals surface area contributed by atoms with Gasteiger partial charge in [-0.25, -0.2) is 19.9 Å². The van der Waals surface area contributed by atoms with Gasteiger partial charge in [-0.1, -0.05) is 54.6 Å². The van der Waals surface area contributed by atoms with E-state index in [0.717, 1.165) is 83.2 Å². The summed E-state index contributed by atoms with van der Waals surface area (Å²) < 4.78 is 0. The molecule has 0 spiro atoms. The molecule has 2 aliphatic heterocycles. The van der Waals surface area contributed by atoms with Gasteiger partial charge in [-0.3, -0.25) is 4.90 Å². The van der Waals surface area contributed by atoms with E-state index in [2.05, 4.69) is 73.3 Å². The van der Waals surface area contributed by atoms with Gasteiger partial charge < -0.3 is 16.0 Å². The van der Waals surface area contributed by atoms with E-state index >= 15 is 0 Å². The number of hydrogen-bond donors (Lipinski definition) is 3. The fourth-order valence-corrected chi connectivity index (χ4v) is 5.64. The zero-order valence-corrected chi connectivity index (χ0v) is 22.5. The standard InChI is InChI=1S/C32H29N9/c33-18-28-34-15-12-27(39-28)37-24-13-16-41(17-14-24)19-21-6-8-23(9-7-21)29-30(22-4-2-1-3-5-22)40-32-26(38-29)11-10-25-31(32)36-20-35-25/h1-12,15,24,35-36H,13-14,16-17,19-20H2,(H,34,37,39). The molecule has 7 rings (SSSR count). The van der Waals surface area contributed by atoms with Crippen molar-refractivity contribution in [1.82, 2.24) is 24.8 Å². The van der Waals surface area contributed by atoms with Crippen LogP contribution in [0.4, 0.5) is 17.2 Å². The van der Waals surface area contributed by atoms with Gasteiger partial charge >= 0.3 is 0 Å². The number of fused-ring (bicyclic) bond motifs is 3. The molecule has 5 aromatic rings. The third kappa shape index (κ3) is 5.13. The summed E-state index contributed by atoms with van der Waals surface area (Å²) in [6.07, 6.45) is 3.66. The Hall–Kier alpha value is -5.07. The Bertz CT molecular complexity index is 1740. The van der Waals surface area contributed by atoms with Gasteiger partial charge in [0.25, 0.3) is 0 Å². The van der Waals surface area contributed by atoms with Gasteiger partial charge in [0.2, 0.25) is 5.82 Å². The van der Waals surface area contributed by atoms with Gasteiger partial charge in [0.1, 0.15) is 17.4 Å². The minimum absolute atomic E-state index is 0.194. The predicted octanol–water partition coefficient (Wildman–Crippen LogP) is 5.50. The zero-order chi connectivity index (χ0) is 27.6. The molecule has 41 heavy (non-hydrogen) atoms. The first-order chi connectivity index (χ1) is 20.2. The number of hydrogen-bond acceptors (Lipinski definition) is 9. The third-order valence-corrected chi connectivity index (χ3v) is 7.76. The first-order valence-electron chi connectivity index (χ1n) is 13.9. The normalized spacial score (nSPS) is 15.1. The van der Waals surface area contributed by atoms with Crippen LogP contribution >= 0.6 is 0 Å². The molecule has 4 heterocycles. The number of benzene rings is 3.